The van der Waals surface area contributed by atoms with Gasteiger partial charge in [-0.2, -0.15) is 0 Å². The highest BCUT2D eigenvalue weighted by Gasteiger charge is 2.26. The molecule has 4 heteroatoms. The van der Waals surface area contributed by atoms with Crippen molar-refractivity contribution in [2.75, 3.05) is 0 Å². The molecule has 0 bridgehead atoms. The van der Waals surface area contributed by atoms with E-state index in [4.69, 9.17) is 0 Å². The zero-order valence-corrected chi connectivity index (χ0v) is 8.96. The average molecular weight is 198 g/mol. The summed E-state index contributed by atoms with van der Waals surface area (Å²) in [4.78, 5) is 22.7. The van der Waals surface area contributed by atoms with Crippen LogP contribution in [-0.2, 0) is 9.59 Å². The van der Waals surface area contributed by atoms with Crippen molar-refractivity contribution in [1.82, 2.24) is 10.6 Å². The minimum Gasteiger partial charge on any atom is -0.352 e. The first-order chi connectivity index (χ1) is 6.50. The van der Waals surface area contributed by atoms with Gasteiger partial charge in [0.05, 0.1) is 0 Å². The Balaban J connectivity index is 2.28. The van der Waals surface area contributed by atoms with Crippen LogP contribution in [0.25, 0.3) is 0 Å². The Bertz CT molecular complexity index is 234. The van der Waals surface area contributed by atoms with Crippen molar-refractivity contribution in [1.29, 1.82) is 0 Å². The zero-order valence-electron chi connectivity index (χ0n) is 8.96. The summed E-state index contributed by atoms with van der Waals surface area (Å²) in [5, 5.41) is 5.51. The van der Waals surface area contributed by atoms with Crippen LogP contribution >= 0.6 is 0 Å². The lowest BCUT2D eigenvalue weighted by Gasteiger charge is -2.15. The normalized spacial score (nSPS) is 17.7. The molecule has 1 fully saturated rings. The highest BCUT2D eigenvalue weighted by atomic mass is 16.2. The van der Waals surface area contributed by atoms with E-state index in [9.17, 15) is 9.59 Å². The van der Waals surface area contributed by atoms with Gasteiger partial charge >= 0.3 is 0 Å². The summed E-state index contributed by atoms with van der Waals surface area (Å²) in [5.41, 5.74) is 0. The first-order valence-corrected chi connectivity index (χ1v) is 5.11. The minimum absolute atomic E-state index is 0.0776. The molecular formula is C10H18N2O2. The van der Waals surface area contributed by atoms with E-state index in [1.165, 1.54) is 0 Å². The topological polar surface area (TPSA) is 58.2 Å². The lowest BCUT2D eigenvalue weighted by molar-refractivity contribution is -0.130. The van der Waals surface area contributed by atoms with Crippen molar-refractivity contribution < 1.29 is 9.59 Å². The van der Waals surface area contributed by atoms with Crippen LogP contribution < -0.4 is 10.6 Å². The van der Waals surface area contributed by atoms with Crippen LogP contribution in [0.1, 0.15) is 33.6 Å². The molecule has 0 aromatic heterocycles. The van der Waals surface area contributed by atoms with Crippen LogP contribution in [-0.4, -0.2) is 23.9 Å². The van der Waals surface area contributed by atoms with Crippen LogP contribution in [0.4, 0.5) is 0 Å². The van der Waals surface area contributed by atoms with E-state index < -0.39 is 6.04 Å². The Labute approximate surface area is 84.4 Å². The van der Waals surface area contributed by atoms with Crippen LogP contribution in [0, 0.1) is 5.92 Å². The molecule has 0 radical (unpaired) electrons. The summed E-state index contributed by atoms with van der Waals surface area (Å²) in [6.07, 6.45) is 2.13. The first-order valence-electron chi connectivity index (χ1n) is 5.11. The second-order valence-electron chi connectivity index (χ2n) is 4.17. The van der Waals surface area contributed by atoms with Gasteiger partial charge in [0, 0.05) is 12.0 Å². The van der Waals surface area contributed by atoms with E-state index in [1.807, 2.05) is 0 Å². The lowest BCUT2D eigenvalue weighted by atomic mass is 10.2. The highest BCUT2D eigenvalue weighted by molar-refractivity contribution is 5.88. The molecule has 1 aliphatic rings. The molecule has 14 heavy (non-hydrogen) atoms. The van der Waals surface area contributed by atoms with Crippen LogP contribution in [0.3, 0.4) is 0 Å². The molecule has 1 rings (SSSR count). The fraction of sp³-hybridized carbons (Fsp3) is 0.800. The summed E-state index contributed by atoms with van der Waals surface area (Å²) in [5.74, 6) is -0.240. The number of carbonyl (C=O) groups excluding carboxylic acids is 2. The van der Waals surface area contributed by atoms with Gasteiger partial charge < -0.3 is 10.6 Å². The highest BCUT2D eigenvalue weighted by Crippen LogP contribution is 2.18. The number of nitrogens with one attached hydrogen (secondary N) is 2. The van der Waals surface area contributed by atoms with Crippen molar-refractivity contribution in [2.45, 2.75) is 45.7 Å². The second kappa shape index (κ2) is 4.44. The molecule has 0 aliphatic heterocycles. The molecule has 0 spiro atoms. The van der Waals surface area contributed by atoms with Crippen molar-refractivity contribution in [2.24, 2.45) is 5.92 Å². The standard InChI is InChI=1S/C10H18N2O2/c1-6(2)9(13)11-7(3)10(14)12-8-4-5-8/h6-8H,4-5H2,1-3H3,(H,11,13)(H,12,14). The minimum atomic E-state index is -0.425. The third-order valence-corrected chi connectivity index (χ3v) is 2.20. The molecule has 0 aromatic rings. The average Bonchev–Trinajstić information content (AvgIpc) is 2.87. The van der Waals surface area contributed by atoms with Gasteiger partial charge in [-0.05, 0) is 19.8 Å². The van der Waals surface area contributed by atoms with Crippen LogP contribution in [0.5, 0.6) is 0 Å². The molecule has 4 nitrogen and oxygen atoms in total. The maximum atomic E-state index is 11.4. The SMILES string of the molecule is CC(C)C(=O)NC(C)C(=O)NC1CC1. The van der Waals surface area contributed by atoms with E-state index in [2.05, 4.69) is 10.6 Å². The van der Waals surface area contributed by atoms with Gasteiger partial charge in [0.25, 0.3) is 0 Å². The molecule has 1 saturated carbocycles. The Morgan fingerprint density at radius 3 is 2.14 bits per heavy atom. The van der Waals surface area contributed by atoms with E-state index >= 15 is 0 Å². The van der Waals surface area contributed by atoms with Crippen LogP contribution in [0.15, 0.2) is 0 Å². The molecule has 1 atom stereocenters. The third-order valence-electron chi connectivity index (χ3n) is 2.20. The lowest BCUT2D eigenvalue weighted by Crippen LogP contribution is -2.46. The van der Waals surface area contributed by atoms with Gasteiger partial charge in [-0.3, -0.25) is 9.59 Å². The largest absolute Gasteiger partial charge is 0.352 e. The summed E-state index contributed by atoms with van der Waals surface area (Å²) >= 11 is 0. The van der Waals surface area contributed by atoms with Crippen molar-refractivity contribution in [3.8, 4) is 0 Å². The predicted molar refractivity (Wildman–Crippen MR) is 53.6 cm³/mol. The van der Waals surface area contributed by atoms with Gasteiger partial charge in [0.15, 0.2) is 0 Å². The number of rotatable bonds is 4. The van der Waals surface area contributed by atoms with E-state index in [-0.39, 0.29) is 17.7 Å². The Kier molecular flexibility index (Phi) is 3.49. The Morgan fingerprint density at radius 1 is 1.14 bits per heavy atom. The summed E-state index contributed by atoms with van der Waals surface area (Å²) in [7, 11) is 0. The molecule has 80 valence electrons. The maximum Gasteiger partial charge on any atom is 0.242 e. The second-order valence-corrected chi connectivity index (χ2v) is 4.17. The van der Waals surface area contributed by atoms with E-state index in [1.54, 1.807) is 20.8 Å². The van der Waals surface area contributed by atoms with E-state index in [0.29, 0.717) is 6.04 Å². The summed E-state index contributed by atoms with van der Waals surface area (Å²) in [6, 6.07) is -0.0774. The van der Waals surface area contributed by atoms with Gasteiger partial charge in [-0.15, -0.1) is 0 Å². The zero-order chi connectivity index (χ0) is 10.7. The summed E-state index contributed by atoms with van der Waals surface area (Å²) in [6.45, 7) is 5.32. The molecule has 2 N–H and O–H groups in total. The van der Waals surface area contributed by atoms with Crippen LogP contribution in [0.2, 0.25) is 0 Å². The smallest absolute Gasteiger partial charge is 0.242 e. The molecule has 2 amide bonds. The molecule has 1 aliphatic carbocycles. The van der Waals surface area contributed by atoms with Gasteiger partial charge in [0.2, 0.25) is 11.8 Å². The third kappa shape index (κ3) is 3.36. The quantitative estimate of drug-likeness (QED) is 0.688. The molecule has 0 aromatic carbocycles. The number of carbonyl (C=O) groups is 2. The van der Waals surface area contributed by atoms with Gasteiger partial charge in [-0.25, -0.2) is 0 Å². The summed E-state index contributed by atoms with van der Waals surface area (Å²) < 4.78 is 0. The molecule has 0 saturated heterocycles. The monoisotopic (exact) mass is 198 g/mol. The molecular weight excluding hydrogens is 180 g/mol. The van der Waals surface area contributed by atoms with Crippen molar-refractivity contribution >= 4 is 11.8 Å². The van der Waals surface area contributed by atoms with Crippen molar-refractivity contribution in [3.63, 3.8) is 0 Å². The van der Waals surface area contributed by atoms with Gasteiger partial charge in [-0.1, -0.05) is 13.8 Å². The Morgan fingerprint density at radius 2 is 1.71 bits per heavy atom. The molecule has 0 heterocycles. The first kappa shape index (κ1) is 11.0. The fourth-order valence-corrected chi connectivity index (χ4v) is 0.999. The predicted octanol–water partition coefficient (Wildman–Crippen LogP) is 0.426. The molecule has 1 unspecified atom stereocenters. The van der Waals surface area contributed by atoms with Gasteiger partial charge in [0.1, 0.15) is 6.04 Å². The number of hydrogen-bond acceptors (Lipinski definition) is 2. The van der Waals surface area contributed by atoms with E-state index in [0.717, 1.165) is 12.8 Å². The Hall–Kier alpha value is -1.06. The van der Waals surface area contributed by atoms with Crippen molar-refractivity contribution in [3.05, 3.63) is 0 Å². The maximum absolute atomic E-state index is 11.4. The fourth-order valence-electron chi connectivity index (χ4n) is 0.999. The number of amides is 2. The number of hydrogen-bond donors (Lipinski definition) is 2.